The van der Waals surface area contributed by atoms with Crippen LogP contribution >= 0.6 is 0 Å². The van der Waals surface area contributed by atoms with E-state index in [4.69, 9.17) is 9.47 Å². The molecule has 104 valence electrons. The van der Waals surface area contributed by atoms with E-state index in [0.717, 1.165) is 39.0 Å². The third-order valence-corrected chi connectivity index (χ3v) is 4.08. The van der Waals surface area contributed by atoms with Crippen LogP contribution in [-0.2, 0) is 14.3 Å². The molecule has 0 aromatic rings. The van der Waals surface area contributed by atoms with Gasteiger partial charge in [-0.2, -0.15) is 0 Å². The summed E-state index contributed by atoms with van der Waals surface area (Å²) >= 11 is 0. The Morgan fingerprint density at radius 2 is 2.17 bits per heavy atom. The van der Waals surface area contributed by atoms with Crippen molar-refractivity contribution in [1.29, 1.82) is 0 Å². The number of amides is 1. The van der Waals surface area contributed by atoms with E-state index in [1.807, 2.05) is 0 Å². The van der Waals surface area contributed by atoms with Crippen molar-refractivity contribution in [2.24, 2.45) is 5.92 Å². The van der Waals surface area contributed by atoms with Crippen LogP contribution in [0.5, 0.6) is 0 Å². The van der Waals surface area contributed by atoms with Crippen LogP contribution in [0, 0.1) is 5.92 Å². The monoisotopic (exact) mass is 256 g/mol. The van der Waals surface area contributed by atoms with Gasteiger partial charge in [-0.3, -0.25) is 4.79 Å². The van der Waals surface area contributed by atoms with Crippen LogP contribution in [0.4, 0.5) is 0 Å². The van der Waals surface area contributed by atoms with Crippen molar-refractivity contribution in [1.82, 2.24) is 10.6 Å². The molecular weight excluding hydrogens is 232 g/mol. The normalized spacial score (nSPS) is 31.2. The van der Waals surface area contributed by atoms with Crippen LogP contribution < -0.4 is 10.6 Å². The highest BCUT2D eigenvalue weighted by Gasteiger charge is 2.31. The van der Waals surface area contributed by atoms with Gasteiger partial charge >= 0.3 is 0 Å². The number of carbonyl (C=O) groups excluding carboxylic acids is 1. The lowest BCUT2D eigenvalue weighted by Crippen LogP contribution is -2.47. The third kappa shape index (κ3) is 3.43. The molecule has 2 fully saturated rings. The number of hydrogen-bond donors (Lipinski definition) is 2. The predicted octanol–water partition coefficient (Wildman–Crippen LogP) is 0.295. The van der Waals surface area contributed by atoms with E-state index in [1.54, 1.807) is 7.11 Å². The fourth-order valence-corrected chi connectivity index (χ4v) is 2.74. The van der Waals surface area contributed by atoms with Gasteiger partial charge in [0.15, 0.2) is 0 Å². The maximum Gasteiger partial charge on any atom is 0.237 e. The van der Waals surface area contributed by atoms with Gasteiger partial charge in [-0.05, 0) is 32.1 Å². The summed E-state index contributed by atoms with van der Waals surface area (Å²) in [5.41, 5.74) is 0. The molecule has 2 saturated heterocycles. The van der Waals surface area contributed by atoms with Crippen molar-refractivity contribution in [3.05, 3.63) is 0 Å². The highest BCUT2D eigenvalue weighted by atomic mass is 16.5. The van der Waals surface area contributed by atoms with Gasteiger partial charge < -0.3 is 20.1 Å². The highest BCUT2D eigenvalue weighted by Crippen LogP contribution is 2.19. The standard InChI is InChI=1S/C13H24N2O3/c1-9(10-3-5-18-6-4-10)15-13(16)12-7-11(17-2)8-14-12/h9-12,14H,3-8H2,1-2H3,(H,15,16). The molecule has 0 bridgehead atoms. The largest absolute Gasteiger partial charge is 0.381 e. The first kappa shape index (κ1) is 13.8. The van der Waals surface area contributed by atoms with Crippen molar-refractivity contribution in [2.75, 3.05) is 26.9 Å². The van der Waals surface area contributed by atoms with Crippen LogP contribution in [0.25, 0.3) is 0 Å². The van der Waals surface area contributed by atoms with Gasteiger partial charge in [-0.25, -0.2) is 0 Å². The summed E-state index contributed by atoms with van der Waals surface area (Å²) in [6, 6.07) is 0.127. The van der Waals surface area contributed by atoms with Crippen molar-refractivity contribution in [3.63, 3.8) is 0 Å². The Morgan fingerprint density at radius 1 is 1.44 bits per heavy atom. The number of methoxy groups -OCH3 is 1. The summed E-state index contributed by atoms with van der Waals surface area (Å²) in [7, 11) is 1.69. The van der Waals surface area contributed by atoms with Crippen LogP contribution in [0.15, 0.2) is 0 Å². The molecule has 2 aliphatic heterocycles. The van der Waals surface area contributed by atoms with Crippen LogP contribution in [0.2, 0.25) is 0 Å². The first-order chi connectivity index (χ1) is 8.70. The minimum absolute atomic E-state index is 0.0998. The molecule has 3 unspecified atom stereocenters. The summed E-state index contributed by atoms with van der Waals surface area (Å²) in [4.78, 5) is 12.1. The van der Waals surface area contributed by atoms with Crippen molar-refractivity contribution in [2.45, 2.75) is 44.4 Å². The summed E-state index contributed by atoms with van der Waals surface area (Å²) in [5.74, 6) is 0.649. The SMILES string of the molecule is COC1CNC(C(=O)NC(C)C2CCOCC2)C1. The molecule has 2 rings (SSSR count). The Balaban J connectivity index is 1.76. The zero-order chi connectivity index (χ0) is 13.0. The number of carbonyl (C=O) groups is 1. The number of rotatable bonds is 4. The first-order valence-electron chi connectivity index (χ1n) is 6.85. The minimum atomic E-state index is -0.0998. The fraction of sp³-hybridized carbons (Fsp3) is 0.923. The van der Waals surface area contributed by atoms with E-state index in [1.165, 1.54) is 0 Å². The molecule has 0 aliphatic carbocycles. The molecule has 0 spiro atoms. The van der Waals surface area contributed by atoms with Gasteiger partial charge in [-0.15, -0.1) is 0 Å². The molecule has 3 atom stereocenters. The molecule has 2 heterocycles. The molecule has 2 N–H and O–H groups in total. The molecule has 0 radical (unpaired) electrons. The highest BCUT2D eigenvalue weighted by molar-refractivity contribution is 5.82. The van der Waals surface area contributed by atoms with Gasteiger partial charge in [0.25, 0.3) is 0 Å². The zero-order valence-electron chi connectivity index (χ0n) is 11.3. The molecule has 1 amide bonds. The molecule has 5 heteroatoms. The molecule has 0 aromatic carbocycles. The maximum atomic E-state index is 12.1. The summed E-state index contributed by atoms with van der Waals surface area (Å²) in [6.07, 6.45) is 3.02. The predicted molar refractivity (Wildman–Crippen MR) is 68.4 cm³/mol. The van der Waals surface area contributed by atoms with E-state index >= 15 is 0 Å². The lowest BCUT2D eigenvalue weighted by atomic mass is 9.92. The van der Waals surface area contributed by atoms with Gasteiger partial charge in [0.1, 0.15) is 0 Å². The average molecular weight is 256 g/mol. The topological polar surface area (TPSA) is 59.6 Å². The Kier molecular flexibility index (Phi) is 4.97. The minimum Gasteiger partial charge on any atom is -0.381 e. The maximum absolute atomic E-state index is 12.1. The molecule has 5 nitrogen and oxygen atoms in total. The van der Waals surface area contributed by atoms with Crippen molar-refractivity contribution >= 4 is 5.91 Å². The van der Waals surface area contributed by atoms with E-state index in [9.17, 15) is 4.79 Å². The van der Waals surface area contributed by atoms with Crippen molar-refractivity contribution in [3.8, 4) is 0 Å². The molecule has 2 aliphatic rings. The second-order valence-electron chi connectivity index (χ2n) is 5.30. The second-order valence-corrected chi connectivity index (χ2v) is 5.30. The summed E-state index contributed by atoms with van der Waals surface area (Å²) in [6.45, 7) is 4.49. The van der Waals surface area contributed by atoms with Gasteiger partial charge in [-0.1, -0.05) is 0 Å². The number of ether oxygens (including phenoxy) is 2. The Labute approximate surface area is 109 Å². The number of hydrogen-bond acceptors (Lipinski definition) is 4. The Bertz CT molecular complexity index is 279. The fourth-order valence-electron chi connectivity index (χ4n) is 2.74. The van der Waals surface area contributed by atoms with E-state index < -0.39 is 0 Å². The Hall–Kier alpha value is -0.650. The van der Waals surface area contributed by atoms with Gasteiger partial charge in [0.05, 0.1) is 12.1 Å². The molecule has 18 heavy (non-hydrogen) atoms. The van der Waals surface area contributed by atoms with E-state index in [-0.39, 0.29) is 24.1 Å². The average Bonchev–Trinajstić information content (AvgIpc) is 2.88. The van der Waals surface area contributed by atoms with Crippen LogP contribution in [0.1, 0.15) is 26.2 Å². The van der Waals surface area contributed by atoms with Gasteiger partial charge in [0, 0.05) is 32.9 Å². The summed E-state index contributed by atoms with van der Waals surface area (Å²) < 4.78 is 10.6. The third-order valence-electron chi connectivity index (χ3n) is 4.08. The number of nitrogens with one attached hydrogen (secondary N) is 2. The molecule has 0 saturated carbocycles. The molecule has 0 aromatic heterocycles. The molecular formula is C13H24N2O3. The summed E-state index contributed by atoms with van der Waals surface area (Å²) in [5, 5.41) is 6.33. The van der Waals surface area contributed by atoms with E-state index in [0.29, 0.717) is 5.92 Å². The van der Waals surface area contributed by atoms with Crippen LogP contribution in [0.3, 0.4) is 0 Å². The lowest BCUT2D eigenvalue weighted by molar-refractivity contribution is -0.124. The second kappa shape index (κ2) is 6.50. The smallest absolute Gasteiger partial charge is 0.237 e. The van der Waals surface area contributed by atoms with E-state index in [2.05, 4.69) is 17.6 Å². The first-order valence-corrected chi connectivity index (χ1v) is 6.85. The van der Waals surface area contributed by atoms with Gasteiger partial charge in [0.2, 0.25) is 5.91 Å². The van der Waals surface area contributed by atoms with Crippen molar-refractivity contribution < 1.29 is 14.3 Å². The lowest BCUT2D eigenvalue weighted by Gasteiger charge is -2.29. The Morgan fingerprint density at radius 3 is 2.78 bits per heavy atom. The quantitative estimate of drug-likeness (QED) is 0.759. The zero-order valence-corrected chi connectivity index (χ0v) is 11.3. The van der Waals surface area contributed by atoms with Crippen LogP contribution in [-0.4, -0.2) is 51.0 Å².